The first-order valence-corrected chi connectivity index (χ1v) is 10.5. The molecule has 1 aliphatic rings. The predicted molar refractivity (Wildman–Crippen MR) is 122 cm³/mol. The number of aromatic nitrogens is 2. The number of ether oxygens (including phenoxy) is 1. The number of hydrogen-bond acceptors (Lipinski definition) is 6. The molecular weight excluding hydrogens is 423 g/mol. The molecule has 0 unspecified atom stereocenters. The van der Waals surface area contributed by atoms with Crippen molar-refractivity contribution < 1.29 is 19.1 Å². The van der Waals surface area contributed by atoms with E-state index in [-0.39, 0.29) is 12.4 Å². The summed E-state index contributed by atoms with van der Waals surface area (Å²) < 4.78 is 20.9. The minimum absolute atomic E-state index is 0.240. The van der Waals surface area contributed by atoms with Gasteiger partial charge in [-0.1, -0.05) is 23.2 Å². The standard InChI is InChI=1S/C25H25FN4O3/c1-17-14-29(16-27-17)22-11-5-19(13-23(22)32-4)6-12-24-28-33-25(3,30(24)15-18(2)31)20-7-9-21(26)10-8-20/h5,7-11,13-14,16,18,31H,15H2,1-4H3/t18-,25+/m0/s1. The predicted octanol–water partition coefficient (Wildman–Crippen LogP) is 3.58. The van der Waals surface area contributed by atoms with Gasteiger partial charge in [-0.05, 0) is 50.1 Å². The number of benzene rings is 2. The zero-order valence-corrected chi connectivity index (χ0v) is 18.9. The molecule has 0 bridgehead atoms. The number of imidazole rings is 1. The monoisotopic (exact) mass is 448 g/mol. The fourth-order valence-electron chi connectivity index (χ4n) is 3.67. The molecule has 1 aromatic heterocycles. The van der Waals surface area contributed by atoms with Crippen molar-refractivity contribution in [2.45, 2.75) is 32.6 Å². The van der Waals surface area contributed by atoms with Gasteiger partial charge in [0.25, 0.3) is 0 Å². The largest absolute Gasteiger partial charge is 0.495 e. The summed E-state index contributed by atoms with van der Waals surface area (Å²) in [6.45, 7) is 5.65. The maximum absolute atomic E-state index is 13.4. The van der Waals surface area contributed by atoms with Crippen molar-refractivity contribution in [3.63, 3.8) is 0 Å². The molecule has 170 valence electrons. The van der Waals surface area contributed by atoms with Crippen LogP contribution in [0, 0.1) is 24.6 Å². The Morgan fingerprint density at radius 1 is 1.21 bits per heavy atom. The highest BCUT2D eigenvalue weighted by Crippen LogP contribution is 2.35. The fourth-order valence-corrected chi connectivity index (χ4v) is 3.67. The van der Waals surface area contributed by atoms with Crippen molar-refractivity contribution in [2.24, 2.45) is 5.16 Å². The fraction of sp³-hybridized carbons (Fsp3) is 0.280. The second kappa shape index (κ2) is 8.96. The zero-order valence-electron chi connectivity index (χ0n) is 18.9. The number of methoxy groups -OCH3 is 1. The molecule has 33 heavy (non-hydrogen) atoms. The first kappa shape index (κ1) is 22.4. The molecule has 0 saturated carbocycles. The highest BCUT2D eigenvalue weighted by Gasteiger charge is 2.43. The van der Waals surface area contributed by atoms with E-state index in [2.05, 4.69) is 22.0 Å². The Morgan fingerprint density at radius 2 is 1.97 bits per heavy atom. The molecule has 7 nitrogen and oxygen atoms in total. The van der Waals surface area contributed by atoms with Gasteiger partial charge >= 0.3 is 0 Å². The third-order valence-electron chi connectivity index (χ3n) is 5.40. The Morgan fingerprint density at radius 3 is 2.61 bits per heavy atom. The van der Waals surface area contributed by atoms with E-state index < -0.39 is 11.8 Å². The molecule has 3 aromatic rings. The van der Waals surface area contributed by atoms with Crippen LogP contribution >= 0.6 is 0 Å². The van der Waals surface area contributed by atoms with Crippen LogP contribution in [0.5, 0.6) is 5.75 Å². The van der Waals surface area contributed by atoms with Gasteiger partial charge in [-0.25, -0.2) is 9.37 Å². The normalized spacial score (nSPS) is 18.2. The molecular formula is C25H25FN4O3. The van der Waals surface area contributed by atoms with Crippen molar-refractivity contribution in [1.29, 1.82) is 0 Å². The lowest BCUT2D eigenvalue weighted by atomic mass is 10.0. The zero-order chi connectivity index (χ0) is 23.6. The third-order valence-corrected chi connectivity index (χ3v) is 5.40. The summed E-state index contributed by atoms with van der Waals surface area (Å²) in [4.78, 5) is 11.8. The lowest BCUT2D eigenvalue weighted by molar-refractivity contribution is -0.0982. The van der Waals surface area contributed by atoms with Gasteiger partial charge in [0.05, 0.1) is 30.9 Å². The minimum atomic E-state index is -1.02. The summed E-state index contributed by atoms with van der Waals surface area (Å²) >= 11 is 0. The molecule has 0 fully saturated rings. The summed E-state index contributed by atoms with van der Waals surface area (Å²) in [5.41, 5.74) is 2.16. The summed E-state index contributed by atoms with van der Waals surface area (Å²) in [5.74, 6) is 6.83. The van der Waals surface area contributed by atoms with E-state index >= 15 is 0 Å². The number of halogens is 1. The molecule has 1 aliphatic heterocycles. The quantitative estimate of drug-likeness (QED) is 0.604. The molecule has 0 spiro atoms. The van der Waals surface area contributed by atoms with Crippen LogP contribution in [0.1, 0.15) is 30.7 Å². The van der Waals surface area contributed by atoms with Crippen molar-refractivity contribution >= 4 is 5.84 Å². The van der Waals surface area contributed by atoms with E-state index in [1.807, 2.05) is 42.8 Å². The molecule has 8 heteroatoms. The summed E-state index contributed by atoms with van der Waals surface area (Å²) in [6, 6.07) is 11.6. The molecule has 2 aromatic carbocycles. The van der Waals surface area contributed by atoms with Gasteiger partial charge in [0, 0.05) is 30.8 Å². The van der Waals surface area contributed by atoms with Gasteiger partial charge in [0.2, 0.25) is 11.6 Å². The van der Waals surface area contributed by atoms with Crippen LogP contribution in [0.3, 0.4) is 0 Å². The van der Waals surface area contributed by atoms with Crippen LogP contribution in [0.4, 0.5) is 4.39 Å². The van der Waals surface area contributed by atoms with Gasteiger partial charge in [0.1, 0.15) is 11.6 Å². The van der Waals surface area contributed by atoms with Gasteiger partial charge in [0.15, 0.2) is 0 Å². The van der Waals surface area contributed by atoms with E-state index in [9.17, 15) is 9.50 Å². The third kappa shape index (κ3) is 4.54. The molecule has 0 amide bonds. The van der Waals surface area contributed by atoms with Crippen LogP contribution < -0.4 is 4.74 Å². The number of aliphatic hydroxyl groups is 1. The average Bonchev–Trinajstić information content (AvgIpc) is 3.36. The molecule has 4 rings (SSSR count). The lowest BCUT2D eigenvalue weighted by Crippen LogP contribution is -2.46. The van der Waals surface area contributed by atoms with Crippen LogP contribution in [-0.2, 0) is 10.6 Å². The number of rotatable bonds is 5. The van der Waals surface area contributed by atoms with Crippen molar-refractivity contribution in [3.8, 4) is 23.3 Å². The number of oxime groups is 1. The number of nitrogens with zero attached hydrogens (tertiary/aromatic N) is 4. The van der Waals surface area contributed by atoms with Crippen molar-refractivity contribution in [3.05, 3.63) is 77.6 Å². The summed E-state index contributed by atoms with van der Waals surface area (Å²) in [5, 5.41) is 14.2. The molecule has 0 radical (unpaired) electrons. The molecule has 2 atom stereocenters. The van der Waals surface area contributed by atoms with Crippen molar-refractivity contribution in [2.75, 3.05) is 13.7 Å². The average molecular weight is 448 g/mol. The van der Waals surface area contributed by atoms with Crippen LogP contribution in [0.15, 0.2) is 60.1 Å². The number of hydrogen-bond donors (Lipinski definition) is 1. The molecule has 2 heterocycles. The summed E-state index contributed by atoms with van der Waals surface area (Å²) in [7, 11) is 1.60. The lowest BCUT2D eigenvalue weighted by Gasteiger charge is -2.34. The first-order chi connectivity index (χ1) is 15.8. The van der Waals surface area contributed by atoms with Gasteiger partial charge in [-0.3, -0.25) is 0 Å². The first-order valence-electron chi connectivity index (χ1n) is 10.5. The highest BCUT2D eigenvalue weighted by molar-refractivity contribution is 6.00. The van der Waals surface area contributed by atoms with Gasteiger partial charge < -0.3 is 24.1 Å². The van der Waals surface area contributed by atoms with Gasteiger partial charge in [-0.2, -0.15) is 0 Å². The number of aliphatic hydroxyl groups excluding tert-OH is 1. The number of β-amino-alcohol motifs (C(OH)–C–C–N with tert-alkyl or cyclic N) is 1. The van der Waals surface area contributed by atoms with Crippen LogP contribution in [-0.4, -0.2) is 45.2 Å². The van der Waals surface area contributed by atoms with E-state index in [0.29, 0.717) is 17.1 Å². The Kier molecular flexibility index (Phi) is 6.07. The Labute approximate surface area is 192 Å². The molecule has 0 saturated heterocycles. The summed E-state index contributed by atoms with van der Waals surface area (Å²) in [6.07, 6.45) is 2.99. The van der Waals surface area contributed by atoms with Crippen LogP contribution in [0.2, 0.25) is 0 Å². The van der Waals surface area contributed by atoms with Crippen molar-refractivity contribution in [1.82, 2.24) is 14.5 Å². The van der Waals surface area contributed by atoms with E-state index in [0.717, 1.165) is 16.9 Å². The Hall–Kier alpha value is -3.83. The van der Waals surface area contributed by atoms with E-state index in [1.54, 1.807) is 37.4 Å². The Bertz CT molecular complexity index is 1240. The molecule has 1 N–H and O–H groups in total. The second-order valence-electron chi connectivity index (χ2n) is 8.01. The minimum Gasteiger partial charge on any atom is -0.495 e. The maximum atomic E-state index is 13.4. The van der Waals surface area contributed by atoms with E-state index in [4.69, 9.17) is 9.57 Å². The van der Waals surface area contributed by atoms with Gasteiger partial charge in [-0.15, -0.1) is 0 Å². The number of amidine groups is 1. The number of aryl methyl sites for hydroxylation is 1. The highest BCUT2D eigenvalue weighted by atomic mass is 19.1. The smallest absolute Gasteiger partial charge is 0.235 e. The maximum Gasteiger partial charge on any atom is 0.235 e. The van der Waals surface area contributed by atoms with Crippen LogP contribution in [0.25, 0.3) is 5.69 Å². The Balaban J connectivity index is 1.63. The van der Waals surface area contributed by atoms with E-state index in [1.165, 1.54) is 12.1 Å². The molecule has 0 aliphatic carbocycles. The SMILES string of the molecule is COc1cc(C#CC2=NO[C@](C)(c3ccc(F)cc3)N2C[C@H](C)O)ccc1-n1cnc(C)c1. The second-order valence-corrected chi connectivity index (χ2v) is 8.01. The topological polar surface area (TPSA) is 72.1 Å².